The molecule has 1 saturated carbocycles. The van der Waals surface area contributed by atoms with E-state index >= 15 is 0 Å². The summed E-state index contributed by atoms with van der Waals surface area (Å²) in [4.78, 5) is 11.9. The Morgan fingerprint density at radius 3 is 2.46 bits per heavy atom. The molecule has 202 valence electrons. The molecular weight excluding hydrogens is 492 g/mol. The van der Waals surface area contributed by atoms with Crippen LogP contribution in [0.5, 0.6) is 5.75 Å². The van der Waals surface area contributed by atoms with Gasteiger partial charge in [0.1, 0.15) is 42.2 Å². The van der Waals surface area contributed by atoms with E-state index in [1.807, 2.05) is 49.4 Å². The van der Waals surface area contributed by atoms with Crippen molar-refractivity contribution in [2.45, 2.75) is 74.4 Å². The zero-order valence-electron chi connectivity index (χ0n) is 21.4. The quantitative estimate of drug-likeness (QED) is 0.295. The lowest BCUT2D eigenvalue weighted by atomic mass is 9.91. The van der Waals surface area contributed by atoms with E-state index in [-0.39, 0.29) is 5.91 Å². The van der Waals surface area contributed by atoms with Crippen molar-refractivity contribution in [1.29, 1.82) is 0 Å². The normalized spacial score (nSPS) is 27.2. The largest absolute Gasteiger partial charge is 0.492 e. The van der Waals surface area contributed by atoms with E-state index in [0.717, 1.165) is 53.7 Å². The molecule has 4 rings (SSSR count). The summed E-state index contributed by atoms with van der Waals surface area (Å²) < 4.78 is 11.8. The third-order valence-corrected chi connectivity index (χ3v) is 8.44. The van der Waals surface area contributed by atoms with Crippen LogP contribution < -0.4 is 15.8 Å². The summed E-state index contributed by atoms with van der Waals surface area (Å²) >= 11 is 1.30. The van der Waals surface area contributed by atoms with Crippen LogP contribution in [0.2, 0.25) is 0 Å². The summed E-state index contributed by atoms with van der Waals surface area (Å²) in [6.45, 7) is 3.03. The number of carbonyl (C=O) groups is 1. The van der Waals surface area contributed by atoms with Crippen LogP contribution in [0, 0.1) is 6.92 Å². The molecule has 1 unspecified atom stereocenters. The van der Waals surface area contributed by atoms with E-state index < -0.39 is 35.4 Å². The number of rotatable bonds is 10. The molecule has 8 nitrogen and oxygen atoms in total. The highest BCUT2D eigenvalue weighted by Crippen LogP contribution is 2.36. The zero-order chi connectivity index (χ0) is 26.6. The van der Waals surface area contributed by atoms with Crippen LogP contribution in [0.3, 0.4) is 0 Å². The predicted octanol–water partition coefficient (Wildman–Crippen LogP) is 2.20. The Bertz CT molecular complexity index is 1060. The molecule has 0 aromatic heterocycles. The van der Waals surface area contributed by atoms with Crippen molar-refractivity contribution in [3.05, 3.63) is 64.7 Å². The van der Waals surface area contributed by atoms with Gasteiger partial charge in [-0.15, -0.1) is 11.8 Å². The van der Waals surface area contributed by atoms with Crippen LogP contribution >= 0.6 is 11.8 Å². The molecule has 1 aliphatic heterocycles. The number of amides is 1. The lowest BCUT2D eigenvalue weighted by Crippen LogP contribution is -2.54. The minimum absolute atomic E-state index is 0.281. The number of hydrogen-bond acceptors (Lipinski definition) is 8. The molecule has 1 aliphatic carbocycles. The first kappa shape index (κ1) is 27.9. The van der Waals surface area contributed by atoms with Crippen molar-refractivity contribution in [2.24, 2.45) is 5.73 Å². The Hall–Kier alpha value is -2.14. The number of aryl methyl sites for hydroxylation is 1. The second-order valence-electron chi connectivity index (χ2n) is 10.1. The number of aliphatic hydroxyl groups excluding tert-OH is 3. The third-order valence-electron chi connectivity index (χ3n) is 7.58. The van der Waals surface area contributed by atoms with E-state index in [2.05, 4.69) is 5.32 Å². The molecule has 5 atom stereocenters. The molecule has 37 heavy (non-hydrogen) atoms. The van der Waals surface area contributed by atoms with E-state index in [9.17, 15) is 20.1 Å². The molecule has 1 saturated heterocycles. The van der Waals surface area contributed by atoms with Gasteiger partial charge in [0, 0.05) is 6.54 Å². The Kier molecular flexibility index (Phi) is 9.15. The molecule has 1 amide bonds. The predicted molar refractivity (Wildman–Crippen MR) is 143 cm³/mol. The maximum absolute atomic E-state index is 11.9. The van der Waals surface area contributed by atoms with E-state index in [0.29, 0.717) is 19.6 Å². The number of nitrogens with two attached hydrogens (primary N) is 1. The van der Waals surface area contributed by atoms with Crippen molar-refractivity contribution >= 4 is 17.7 Å². The second-order valence-corrected chi connectivity index (χ2v) is 11.0. The maximum atomic E-state index is 11.9. The minimum Gasteiger partial charge on any atom is -0.492 e. The number of nitrogens with one attached hydrogen (secondary N) is 1. The van der Waals surface area contributed by atoms with Gasteiger partial charge < -0.3 is 30.5 Å². The minimum atomic E-state index is -1.27. The van der Waals surface area contributed by atoms with Crippen molar-refractivity contribution in [3.63, 3.8) is 0 Å². The van der Waals surface area contributed by atoms with Crippen LogP contribution in [0.25, 0.3) is 0 Å². The van der Waals surface area contributed by atoms with Gasteiger partial charge in [-0.2, -0.15) is 0 Å². The molecule has 0 radical (unpaired) electrons. The van der Waals surface area contributed by atoms with Crippen LogP contribution in [0.4, 0.5) is 0 Å². The monoisotopic (exact) mass is 530 g/mol. The molecule has 2 aromatic carbocycles. The number of ether oxygens (including phenoxy) is 2. The lowest BCUT2D eigenvalue weighted by Gasteiger charge is -2.40. The molecule has 2 aliphatic rings. The molecule has 0 spiro atoms. The lowest BCUT2D eigenvalue weighted by molar-refractivity contribution is -0.200. The van der Waals surface area contributed by atoms with Crippen LogP contribution in [0.1, 0.15) is 54.0 Å². The van der Waals surface area contributed by atoms with Crippen LogP contribution in [0.15, 0.2) is 42.5 Å². The summed E-state index contributed by atoms with van der Waals surface area (Å²) in [5.41, 5.74) is 8.47. The van der Waals surface area contributed by atoms with Crippen molar-refractivity contribution in [2.75, 3.05) is 19.4 Å². The van der Waals surface area contributed by atoms with Crippen molar-refractivity contribution < 1.29 is 29.6 Å². The highest BCUT2D eigenvalue weighted by atomic mass is 32.2. The van der Waals surface area contributed by atoms with Gasteiger partial charge >= 0.3 is 0 Å². The Morgan fingerprint density at radius 1 is 1.11 bits per heavy atom. The first-order valence-corrected chi connectivity index (χ1v) is 14.1. The first-order valence-electron chi connectivity index (χ1n) is 12.8. The molecule has 9 heteroatoms. The second kappa shape index (κ2) is 12.1. The highest BCUT2D eigenvalue weighted by molar-refractivity contribution is 7.99. The number of carbonyl (C=O) groups excluding carboxylic acids is 1. The summed E-state index contributed by atoms with van der Waals surface area (Å²) in [7, 11) is 0. The van der Waals surface area contributed by atoms with Gasteiger partial charge in [-0.1, -0.05) is 43.2 Å². The topological polar surface area (TPSA) is 134 Å². The fraction of sp³-hybridized carbons (Fsp3) is 0.536. The van der Waals surface area contributed by atoms with Crippen LogP contribution in [-0.4, -0.2) is 69.9 Å². The SMILES string of the molecule is CS[C@H]1O[C@@H](c2ccc(C)c(Cc3ccc(OCCNC4(C(N)=O)CCCC4)cc3)c2)[C@H](O)[C@@H](O)C1O. The molecule has 2 fully saturated rings. The number of hydrogen-bond donors (Lipinski definition) is 5. The van der Waals surface area contributed by atoms with Gasteiger partial charge in [-0.25, -0.2) is 0 Å². The molecular formula is C28H38N2O6S. The van der Waals surface area contributed by atoms with E-state index in [4.69, 9.17) is 15.2 Å². The summed E-state index contributed by atoms with van der Waals surface area (Å²) in [5, 5.41) is 34.3. The molecule has 2 aromatic rings. The van der Waals surface area contributed by atoms with E-state index in [1.165, 1.54) is 11.8 Å². The maximum Gasteiger partial charge on any atom is 0.237 e. The number of primary amides is 1. The zero-order valence-corrected chi connectivity index (χ0v) is 22.2. The first-order chi connectivity index (χ1) is 17.7. The summed E-state index contributed by atoms with van der Waals surface area (Å²) in [6, 6.07) is 13.8. The van der Waals surface area contributed by atoms with Crippen molar-refractivity contribution in [3.8, 4) is 5.75 Å². The molecule has 1 heterocycles. The standard InChI is InChI=1S/C28H38N2O6S/c1-17-5-8-19(25-23(32)22(31)24(33)26(36-25)37-2)16-20(17)15-18-6-9-21(10-7-18)35-14-13-30-28(27(29)34)11-3-4-12-28/h5-10,16,22-26,30-33H,3-4,11-15H2,1-2H3,(H2,29,34)/t22-,23-,24?,25+,26-/m1/s1. The smallest absolute Gasteiger partial charge is 0.237 e. The van der Waals surface area contributed by atoms with Gasteiger partial charge in [0.05, 0.1) is 5.54 Å². The van der Waals surface area contributed by atoms with Gasteiger partial charge in [-0.3, -0.25) is 10.1 Å². The van der Waals surface area contributed by atoms with Gasteiger partial charge in [0.2, 0.25) is 5.91 Å². The van der Waals surface area contributed by atoms with Gasteiger partial charge in [0.25, 0.3) is 0 Å². The fourth-order valence-corrected chi connectivity index (χ4v) is 5.92. The van der Waals surface area contributed by atoms with E-state index in [1.54, 1.807) is 6.26 Å². The molecule has 6 N–H and O–H groups in total. The highest BCUT2D eigenvalue weighted by Gasteiger charge is 2.44. The van der Waals surface area contributed by atoms with Gasteiger partial charge in [-0.05, 0) is 66.8 Å². The number of thioether (sulfide) groups is 1. The van der Waals surface area contributed by atoms with Crippen molar-refractivity contribution in [1.82, 2.24) is 5.32 Å². The Labute approximate surface area is 222 Å². The average Bonchev–Trinajstić information content (AvgIpc) is 3.38. The van der Waals surface area contributed by atoms with Crippen LogP contribution in [-0.2, 0) is 16.0 Å². The fourth-order valence-electron chi connectivity index (χ4n) is 5.25. The Balaban J connectivity index is 1.35. The third kappa shape index (κ3) is 6.30. The summed E-state index contributed by atoms with van der Waals surface area (Å²) in [5.74, 6) is 0.473. The summed E-state index contributed by atoms with van der Waals surface area (Å²) in [6.07, 6.45) is 1.71. The average molecular weight is 531 g/mol. The van der Waals surface area contributed by atoms with Gasteiger partial charge in [0.15, 0.2) is 0 Å². The Morgan fingerprint density at radius 2 is 1.81 bits per heavy atom. The number of aliphatic hydroxyl groups is 3. The molecule has 0 bridgehead atoms. The number of benzene rings is 2.